The fourth-order valence-corrected chi connectivity index (χ4v) is 5.31. The van der Waals surface area contributed by atoms with Crippen LogP contribution in [-0.4, -0.2) is 59.9 Å². The zero-order valence-corrected chi connectivity index (χ0v) is 16.3. The number of rotatable bonds is 3. The predicted octanol–water partition coefficient (Wildman–Crippen LogP) is 1.74. The van der Waals surface area contributed by atoms with E-state index in [1.165, 1.54) is 16.3 Å². The molecule has 1 aromatic carbocycles. The predicted molar refractivity (Wildman–Crippen MR) is 101 cm³/mol. The van der Waals surface area contributed by atoms with Gasteiger partial charge in [0, 0.05) is 31.9 Å². The lowest BCUT2D eigenvalue weighted by atomic mass is 9.92. The summed E-state index contributed by atoms with van der Waals surface area (Å²) in [5, 5.41) is 6.76. The third kappa shape index (κ3) is 3.51. The molecule has 0 atom stereocenters. The van der Waals surface area contributed by atoms with Gasteiger partial charge in [0.15, 0.2) is 0 Å². The lowest BCUT2D eigenvalue weighted by Gasteiger charge is -2.33. The number of nitrogens with one attached hydrogen (secondary N) is 1. The van der Waals surface area contributed by atoms with E-state index >= 15 is 0 Å². The molecule has 1 saturated heterocycles. The largest absolute Gasteiger partial charge is 0.335 e. The summed E-state index contributed by atoms with van der Waals surface area (Å²) in [6.07, 6.45) is 4.27. The standard InChI is InChI=1S/C19H24N4O3S/c1-14-12-18(21-20-14)19(24)22-8-10-23(11-9-22)27(25,26)17-7-6-15-4-2-3-5-16(15)13-17/h6-7,12-13H,2-5,8-11H2,1H3,(H,20,21). The lowest BCUT2D eigenvalue weighted by Crippen LogP contribution is -2.50. The number of benzene rings is 1. The summed E-state index contributed by atoms with van der Waals surface area (Å²) in [5.41, 5.74) is 3.63. The quantitative estimate of drug-likeness (QED) is 0.868. The van der Waals surface area contributed by atoms with Gasteiger partial charge in [0.25, 0.3) is 5.91 Å². The number of amides is 1. The van der Waals surface area contributed by atoms with Crippen molar-refractivity contribution in [3.8, 4) is 0 Å². The Balaban J connectivity index is 1.46. The van der Waals surface area contributed by atoms with Gasteiger partial charge in [-0.15, -0.1) is 0 Å². The number of nitrogens with zero attached hydrogens (tertiary/aromatic N) is 3. The number of sulfonamides is 1. The van der Waals surface area contributed by atoms with Crippen molar-refractivity contribution in [2.24, 2.45) is 0 Å². The maximum Gasteiger partial charge on any atom is 0.274 e. The van der Waals surface area contributed by atoms with Crippen LogP contribution < -0.4 is 0 Å². The molecule has 2 aromatic rings. The first-order valence-corrected chi connectivity index (χ1v) is 10.8. The highest BCUT2D eigenvalue weighted by atomic mass is 32.2. The van der Waals surface area contributed by atoms with Gasteiger partial charge in [-0.2, -0.15) is 9.40 Å². The normalized spacial score (nSPS) is 18.3. The van der Waals surface area contributed by atoms with Crippen LogP contribution in [0.4, 0.5) is 0 Å². The van der Waals surface area contributed by atoms with E-state index in [9.17, 15) is 13.2 Å². The van der Waals surface area contributed by atoms with Gasteiger partial charge in [0.05, 0.1) is 4.90 Å². The molecular formula is C19H24N4O3S. The van der Waals surface area contributed by atoms with E-state index < -0.39 is 10.0 Å². The topological polar surface area (TPSA) is 86.4 Å². The molecule has 0 radical (unpaired) electrons. The highest BCUT2D eigenvalue weighted by molar-refractivity contribution is 7.89. The van der Waals surface area contributed by atoms with Crippen LogP contribution in [0.25, 0.3) is 0 Å². The molecule has 0 spiro atoms. The Hall–Kier alpha value is -2.19. The summed E-state index contributed by atoms with van der Waals surface area (Å²) < 4.78 is 27.5. The summed E-state index contributed by atoms with van der Waals surface area (Å²) in [5.74, 6) is -0.162. The van der Waals surface area contributed by atoms with Crippen molar-refractivity contribution in [1.82, 2.24) is 19.4 Å². The van der Waals surface area contributed by atoms with Gasteiger partial charge < -0.3 is 4.90 Å². The molecule has 2 aliphatic rings. The summed E-state index contributed by atoms with van der Waals surface area (Å²) in [6, 6.07) is 7.23. The lowest BCUT2D eigenvalue weighted by molar-refractivity contribution is 0.0692. The van der Waals surface area contributed by atoms with Crippen LogP contribution in [0.1, 0.15) is 40.2 Å². The first-order valence-electron chi connectivity index (χ1n) is 9.38. The molecule has 7 nitrogen and oxygen atoms in total. The monoisotopic (exact) mass is 388 g/mol. The van der Waals surface area contributed by atoms with Crippen LogP contribution in [0, 0.1) is 6.92 Å². The van der Waals surface area contributed by atoms with E-state index in [-0.39, 0.29) is 5.91 Å². The number of aromatic amines is 1. The molecule has 1 aliphatic carbocycles. The molecular weight excluding hydrogens is 364 g/mol. The van der Waals surface area contributed by atoms with E-state index in [1.807, 2.05) is 19.1 Å². The zero-order valence-electron chi connectivity index (χ0n) is 15.4. The third-order valence-corrected chi connectivity index (χ3v) is 7.30. The number of fused-ring (bicyclic) bond motifs is 1. The molecule has 1 N–H and O–H groups in total. The fraction of sp³-hybridized carbons (Fsp3) is 0.474. The molecule has 1 amide bonds. The molecule has 2 heterocycles. The molecule has 144 valence electrons. The van der Waals surface area contributed by atoms with Crippen molar-refractivity contribution in [1.29, 1.82) is 0 Å². The minimum atomic E-state index is -3.53. The average molecular weight is 388 g/mol. The molecule has 8 heteroatoms. The molecule has 1 aromatic heterocycles. The van der Waals surface area contributed by atoms with Crippen molar-refractivity contribution in [3.63, 3.8) is 0 Å². The van der Waals surface area contributed by atoms with Crippen LogP contribution in [0.3, 0.4) is 0 Å². The molecule has 4 rings (SSSR count). The van der Waals surface area contributed by atoms with Crippen molar-refractivity contribution in [2.45, 2.75) is 37.5 Å². The number of aromatic nitrogens is 2. The number of carbonyl (C=O) groups excluding carboxylic acids is 1. The number of carbonyl (C=O) groups is 1. The third-order valence-electron chi connectivity index (χ3n) is 5.41. The van der Waals surface area contributed by atoms with E-state index in [0.29, 0.717) is 36.8 Å². The minimum absolute atomic E-state index is 0.162. The summed E-state index contributed by atoms with van der Waals surface area (Å²) >= 11 is 0. The smallest absolute Gasteiger partial charge is 0.274 e. The molecule has 1 aliphatic heterocycles. The molecule has 1 fully saturated rings. The first kappa shape index (κ1) is 18.2. The maximum absolute atomic E-state index is 13.0. The highest BCUT2D eigenvalue weighted by Gasteiger charge is 2.31. The van der Waals surface area contributed by atoms with Crippen LogP contribution in [0.15, 0.2) is 29.2 Å². The second kappa shape index (κ2) is 7.09. The van der Waals surface area contributed by atoms with Crippen LogP contribution in [0.2, 0.25) is 0 Å². The van der Waals surface area contributed by atoms with Crippen LogP contribution >= 0.6 is 0 Å². The number of hydrogen-bond donors (Lipinski definition) is 1. The van der Waals surface area contributed by atoms with E-state index in [4.69, 9.17) is 0 Å². The molecule has 0 saturated carbocycles. The molecule has 0 unspecified atom stereocenters. The second-order valence-electron chi connectivity index (χ2n) is 7.27. The number of hydrogen-bond acceptors (Lipinski definition) is 4. The van der Waals surface area contributed by atoms with Crippen molar-refractivity contribution in [3.05, 3.63) is 46.8 Å². The Morgan fingerprint density at radius 3 is 2.41 bits per heavy atom. The van der Waals surface area contributed by atoms with E-state index in [1.54, 1.807) is 17.0 Å². The van der Waals surface area contributed by atoms with Gasteiger partial charge in [0.2, 0.25) is 10.0 Å². The number of piperazine rings is 1. The Kier molecular flexibility index (Phi) is 4.77. The molecule has 27 heavy (non-hydrogen) atoms. The van der Waals surface area contributed by atoms with Gasteiger partial charge >= 0.3 is 0 Å². The van der Waals surface area contributed by atoms with Crippen molar-refractivity contribution in [2.75, 3.05) is 26.2 Å². The summed E-state index contributed by atoms with van der Waals surface area (Å²) in [4.78, 5) is 14.5. The van der Waals surface area contributed by atoms with Gasteiger partial charge in [-0.25, -0.2) is 8.42 Å². The van der Waals surface area contributed by atoms with Crippen molar-refractivity contribution >= 4 is 15.9 Å². The van der Waals surface area contributed by atoms with Crippen LogP contribution in [0.5, 0.6) is 0 Å². The zero-order chi connectivity index (χ0) is 19.0. The Labute approximate surface area is 159 Å². The average Bonchev–Trinajstić information content (AvgIpc) is 3.13. The summed E-state index contributed by atoms with van der Waals surface area (Å²) in [6.45, 7) is 3.18. The van der Waals surface area contributed by atoms with E-state index in [2.05, 4.69) is 10.2 Å². The van der Waals surface area contributed by atoms with Crippen molar-refractivity contribution < 1.29 is 13.2 Å². The number of H-pyrrole nitrogens is 1. The minimum Gasteiger partial charge on any atom is -0.335 e. The number of aryl methyl sites for hydroxylation is 3. The van der Waals surface area contributed by atoms with Gasteiger partial charge in [-0.05, 0) is 61.9 Å². The second-order valence-corrected chi connectivity index (χ2v) is 9.21. The maximum atomic E-state index is 13.0. The van der Waals surface area contributed by atoms with Gasteiger partial charge in [-0.3, -0.25) is 9.89 Å². The summed E-state index contributed by atoms with van der Waals surface area (Å²) in [7, 11) is -3.53. The van der Waals surface area contributed by atoms with E-state index in [0.717, 1.165) is 30.5 Å². The Morgan fingerprint density at radius 1 is 1.04 bits per heavy atom. The fourth-order valence-electron chi connectivity index (χ4n) is 3.84. The Bertz CT molecular complexity index is 959. The SMILES string of the molecule is Cc1cc(C(=O)N2CCN(S(=O)(=O)c3ccc4c(c3)CCCC4)CC2)n[nH]1. The highest BCUT2D eigenvalue weighted by Crippen LogP contribution is 2.26. The molecule has 0 bridgehead atoms. The van der Waals surface area contributed by atoms with Gasteiger partial charge in [-0.1, -0.05) is 6.07 Å². The van der Waals surface area contributed by atoms with Crippen LogP contribution in [-0.2, 0) is 22.9 Å². The Morgan fingerprint density at radius 2 is 1.74 bits per heavy atom. The van der Waals surface area contributed by atoms with Gasteiger partial charge in [0.1, 0.15) is 5.69 Å². The first-order chi connectivity index (χ1) is 12.9.